The van der Waals surface area contributed by atoms with E-state index in [1.165, 1.54) is 0 Å². The number of amides is 1. The molecule has 0 saturated carbocycles. The Bertz CT molecular complexity index is 700. The van der Waals surface area contributed by atoms with Crippen LogP contribution >= 0.6 is 15.9 Å². The highest BCUT2D eigenvalue weighted by atomic mass is 79.9. The molecule has 0 aliphatic heterocycles. The van der Waals surface area contributed by atoms with Crippen molar-refractivity contribution in [3.63, 3.8) is 0 Å². The summed E-state index contributed by atoms with van der Waals surface area (Å²) in [6.07, 6.45) is 1.81. The summed E-state index contributed by atoms with van der Waals surface area (Å²) in [5.74, 6) is -0.611. The third-order valence-corrected chi connectivity index (χ3v) is 3.67. The molecule has 0 aliphatic carbocycles. The van der Waals surface area contributed by atoms with E-state index in [9.17, 15) is 9.59 Å². The van der Waals surface area contributed by atoms with E-state index < -0.39 is 0 Å². The van der Waals surface area contributed by atoms with E-state index in [1.54, 1.807) is 42.5 Å². The average molecular weight is 376 g/mol. The molecular formula is C18H18BrNO3. The third-order valence-electron chi connectivity index (χ3n) is 3.17. The van der Waals surface area contributed by atoms with E-state index >= 15 is 0 Å². The minimum absolute atomic E-state index is 0.234. The first-order valence-corrected chi connectivity index (χ1v) is 8.23. The largest absolute Gasteiger partial charge is 0.462 e. The zero-order valence-corrected chi connectivity index (χ0v) is 14.4. The number of hydrogen-bond donors (Lipinski definition) is 1. The number of esters is 1. The molecule has 0 aromatic heterocycles. The van der Waals surface area contributed by atoms with Crippen LogP contribution in [-0.4, -0.2) is 18.5 Å². The van der Waals surface area contributed by atoms with Crippen LogP contribution in [0, 0.1) is 0 Å². The first kappa shape index (κ1) is 17.2. The Hall–Kier alpha value is -2.14. The Morgan fingerprint density at radius 3 is 2.57 bits per heavy atom. The van der Waals surface area contributed by atoms with Crippen molar-refractivity contribution in [3.05, 3.63) is 64.1 Å². The molecule has 5 heteroatoms. The highest BCUT2D eigenvalue weighted by Crippen LogP contribution is 2.16. The second-order valence-electron chi connectivity index (χ2n) is 5.03. The van der Waals surface area contributed by atoms with Crippen LogP contribution in [0.5, 0.6) is 0 Å². The molecule has 2 rings (SSSR count). The Labute approximate surface area is 144 Å². The molecule has 1 amide bonds. The van der Waals surface area contributed by atoms with Crippen molar-refractivity contribution in [3.8, 4) is 0 Å². The molecule has 0 aliphatic rings. The van der Waals surface area contributed by atoms with Gasteiger partial charge in [-0.3, -0.25) is 4.79 Å². The summed E-state index contributed by atoms with van der Waals surface area (Å²) in [6.45, 7) is 2.44. The van der Waals surface area contributed by atoms with Crippen LogP contribution < -0.4 is 5.32 Å². The first-order chi connectivity index (χ1) is 11.1. The van der Waals surface area contributed by atoms with Gasteiger partial charge in [0.2, 0.25) is 0 Å². The van der Waals surface area contributed by atoms with Crippen LogP contribution in [0.25, 0.3) is 0 Å². The fourth-order valence-corrected chi connectivity index (χ4v) is 2.35. The number of ether oxygens (including phenoxy) is 1. The van der Waals surface area contributed by atoms with Crippen LogP contribution in [0.1, 0.15) is 40.5 Å². The molecule has 23 heavy (non-hydrogen) atoms. The van der Waals surface area contributed by atoms with Gasteiger partial charge in [-0.25, -0.2) is 4.79 Å². The number of anilines is 1. The van der Waals surface area contributed by atoms with Gasteiger partial charge in [0.1, 0.15) is 0 Å². The molecular weight excluding hydrogens is 358 g/mol. The lowest BCUT2D eigenvalue weighted by Gasteiger charge is -2.08. The van der Waals surface area contributed by atoms with E-state index in [2.05, 4.69) is 21.2 Å². The summed E-state index contributed by atoms with van der Waals surface area (Å²) in [5.41, 5.74) is 1.52. The van der Waals surface area contributed by atoms with Gasteiger partial charge in [0, 0.05) is 15.7 Å². The summed E-state index contributed by atoms with van der Waals surface area (Å²) in [4.78, 5) is 24.1. The van der Waals surface area contributed by atoms with Gasteiger partial charge in [-0.05, 0) is 42.8 Å². The maximum atomic E-state index is 12.2. The monoisotopic (exact) mass is 375 g/mol. The minimum Gasteiger partial charge on any atom is -0.462 e. The molecule has 1 N–H and O–H groups in total. The zero-order valence-electron chi connectivity index (χ0n) is 12.8. The van der Waals surface area contributed by atoms with Crippen LogP contribution in [0.3, 0.4) is 0 Å². The quantitative estimate of drug-likeness (QED) is 0.589. The predicted octanol–water partition coefficient (Wildman–Crippen LogP) is 4.66. The molecule has 0 spiro atoms. The molecule has 0 saturated heterocycles. The standard InChI is InChI=1S/C18H18BrNO3/c1-2-3-10-23-18(22)14-7-5-9-16(12-14)20-17(21)13-6-4-8-15(19)11-13/h4-9,11-12H,2-3,10H2,1H3,(H,20,21). The summed E-state index contributed by atoms with van der Waals surface area (Å²) in [7, 11) is 0. The fraction of sp³-hybridized carbons (Fsp3) is 0.222. The molecule has 2 aromatic carbocycles. The maximum absolute atomic E-state index is 12.2. The second kappa shape index (κ2) is 8.48. The highest BCUT2D eigenvalue weighted by Gasteiger charge is 2.10. The van der Waals surface area contributed by atoms with Crippen molar-refractivity contribution in [1.29, 1.82) is 0 Å². The van der Waals surface area contributed by atoms with E-state index in [-0.39, 0.29) is 11.9 Å². The smallest absolute Gasteiger partial charge is 0.338 e. The van der Waals surface area contributed by atoms with Gasteiger partial charge in [-0.2, -0.15) is 0 Å². The number of carbonyl (C=O) groups is 2. The Kier molecular flexibility index (Phi) is 6.35. The van der Waals surface area contributed by atoms with Crippen LogP contribution in [-0.2, 0) is 4.74 Å². The minimum atomic E-state index is -0.378. The Morgan fingerprint density at radius 1 is 1.09 bits per heavy atom. The number of halogens is 1. The highest BCUT2D eigenvalue weighted by molar-refractivity contribution is 9.10. The first-order valence-electron chi connectivity index (χ1n) is 7.44. The normalized spacial score (nSPS) is 10.2. The summed E-state index contributed by atoms with van der Waals surface area (Å²) >= 11 is 3.34. The molecule has 0 fully saturated rings. The number of unbranched alkanes of at least 4 members (excludes halogenated alkanes) is 1. The summed E-state index contributed by atoms with van der Waals surface area (Å²) in [5, 5.41) is 2.78. The van der Waals surface area contributed by atoms with Crippen LogP contribution in [0.15, 0.2) is 53.0 Å². The van der Waals surface area contributed by atoms with Crippen molar-refractivity contribution in [2.24, 2.45) is 0 Å². The third kappa shape index (κ3) is 5.21. The predicted molar refractivity (Wildman–Crippen MR) is 93.7 cm³/mol. The number of hydrogen-bond acceptors (Lipinski definition) is 3. The molecule has 120 valence electrons. The SMILES string of the molecule is CCCCOC(=O)c1cccc(NC(=O)c2cccc(Br)c2)c1. The molecule has 4 nitrogen and oxygen atoms in total. The average Bonchev–Trinajstić information content (AvgIpc) is 2.55. The van der Waals surface area contributed by atoms with Crippen molar-refractivity contribution in [2.75, 3.05) is 11.9 Å². The van der Waals surface area contributed by atoms with Gasteiger partial charge in [-0.15, -0.1) is 0 Å². The maximum Gasteiger partial charge on any atom is 0.338 e. The molecule has 0 atom stereocenters. The lowest BCUT2D eigenvalue weighted by atomic mass is 10.1. The van der Waals surface area contributed by atoms with E-state index in [0.29, 0.717) is 23.4 Å². The summed E-state index contributed by atoms with van der Waals surface area (Å²) < 4.78 is 6.00. The fourth-order valence-electron chi connectivity index (χ4n) is 1.95. The van der Waals surface area contributed by atoms with Gasteiger partial charge >= 0.3 is 5.97 Å². The van der Waals surface area contributed by atoms with E-state index in [4.69, 9.17) is 4.74 Å². The summed E-state index contributed by atoms with van der Waals surface area (Å²) in [6, 6.07) is 13.8. The van der Waals surface area contributed by atoms with Crippen LogP contribution in [0.2, 0.25) is 0 Å². The molecule has 0 unspecified atom stereocenters. The molecule has 0 heterocycles. The number of nitrogens with one attached hydrogen (secondary N) is 1. The topological polar surface area (TPSA) is 55.4 Å². The van der Waals surface area contributed by atoms with Gasteiger partial charge in [0.25, 0.3) is 5.91 Å². The number of carbonyl (C=O) groups excluding carboxylic acids is 2. The van der Waals surface area contributed by atoms with Gasteiger partial charge in [0.15, 0.2) is 0 Å². The van der Waals surface area contributed by atoms with Crippen molar-refractivity contribution in [1.82, 2.24) is 0 Å². The Morgan fingerprint density at radius 2 is 1.83 bits per heavy atom. The second-order valence-corrected chi connectivity index (χ2v) is 5.95. The van der Waals surface area contributed by atoms with Crippen molar-refractivity contribution in [2.45, 2.75) is 19.8 Å². The molecule has 0 bridgehead atoms. The zero-order chi connectivity index (χ0) is 16.7. The number of benzene rings is 2. The van der Waals surface area contributed by atoms with E-state index in [0.717, 1.165) is 17.3 Å². The number of rotatable bonds is 6. The lowest BCUT2D eigenvalue weighted by molar-refractivity contribution is 0.0499. The Balaban J connectivity index is 2.05. The van der Waals surface area contributed by atoms with Gasteiger partial charge < -0.3 is 10.1 Å². The lowest BCUT2D eigenvalue weighted by Crippen LogP contribution is -2.13. The molecule has 2 aromatic rings. The van der Waals surface area contributed by atoms with Gasteiger partial charge in [0.05, 0.1) is 12.2 Å². The van der Waals surface area contributed by atoms with Crippen molar-refractivity contribution >= 4 is 33.5 Å². The molecule has 0 radical (unpaired) electrons. The van der Waals surface area contributed by atoms with Gasteiger partial charge in [-0.1, -0.05) is 41.4 Å². The van der Waals surface area contributed by atoms with Crippen LogP contribution in [0.4, 0.5) is 5.69 Å². The van der Waals surface area contributed by atoms with E-state index in [1.807, 2.05) is 13.0 Å². The van der Waals surface area contributed by atoms with Crippen molar-refractivity contribution < 1.29 is 14.3 Å².